The van der Waals surface area contributed by atoms with E-state index in [0.29, 0.717) is 18.7 Å². The molecule has 0 aromatic heterocycles. The molecule has 0 amide bonds. The Bertz CT molecular complexity index is 586. The fourth-order valence-corrected chi connectivity index (χ4v) is 3.91. The van der Waals surface area contributed by atoms with E-state index in [-0.39, 0.29) is 18.1 Å². The second-order valence-corrected chi connectivity index (χ2v) is 7.20. The first kappa shape index (κ1) is 16.6. The standard InChI is InChI=1S/C17H22BrNO4/c1-22-15-8-11(18)7-13(14-6-10(9-19-14)17(20)21)16(15)23-12-4-2-3-5-12/h7-8,10,12,14,19H,2-6,9H2,1H3,(H,20,21). The summed E-state index contributed by atoms with van der Waals surface area (Å²) in [4.78, 5) is 11.2. The monoisotopic (exact) mass is 383 g/mol. The number of carboxylic acid groups (broad SMARTS) is 1. The lowest BCUT2D eigenvalue weighted by Crippen LogP contribution is -2.19. The molecule has 3 rings (SSSR count). The molecule has 1 aliphatic carbocycles. The van der Waals surface area contributed by atoms with Gasteiger partial charge >= 0.3 is 5.97 Å². The Hall–Kier alpha value is -1.27. The minimum absolute atomic E-state index is 0.0288. The summed E-state index contributed by atoms with van der Waals surface area (Å²) in [6, 6.07) is 3.88. The van der Waals surface area contributed by atoms with Crippen LogP contribution in [0.25, 0.3) is 0 Å². The number of nitrogens with one attached hydrogen (secondary N) is 1. The van der Waals surface area contributed by atoms with E-state index in [9.17, 15) is 9.90 Å². The minimum atomic E-state index is -0.750. The van der Waals surface area contributed by atoms with Crippen molar-refractivity contribution in [3.8, 4) is 11.5 Å². The first-order chi connectivity index (χ1) is 11.1. The first-order valence-corrected chi connectivity index (χ1v) is 8.88. The van der Waals surface area contributed by atoms with E-state index in [1.165, 1.54) is 12.8 Å². The van der Waals surface area contributed by atoms with Gasteiger partial charge in [0.2, 0.25) is 0 Å². The van der Waals surface area contributed by atoms with Crippen molar-refractivity contribution in [3.05, 3.63) is 22.2 Å². The summed E-state index contributed by atoms with van der Waals surface area (Å²) >= 11 is 3.51. The van der Waals surface area contributed by atoms with Crippen molar-refractivity contribution in [2.24, 2.45) is 5.92 Å². The highest BCUT2D eigenvalue weighted by Gasteiger charge is 2.33. The Morgan fingerprint density at radius 2 is 2.09 bits per heavy atom. The maximum absolute atomic E-state index is 11.2. The Kier molecular flexibility index (Phi) is 5.11. The molecule has 1 saturated heterocycles. The van der Waals surface area contributed by atoms with E-state index < -0.39 is 5.97 Å². The zero-order valence-electron chi connectivity index (χ0n) is 13.2. The van der Waals surface area contributed by atoms with Gasteiger partial charge < -0.3 is 19.9 Å². The summed E-state index contributed by atoms with van der Waals surface area (Å²) < 4.78 is 12.7. The average Bonchev–Trinajstić information content (AvgIpc) is 3.19. The van der Waals surface area contributed by atoms with Crippen molar-refractivity contribution in [3.63, 3.8) is 0 Å². The Morgan fingerprint density at radius 1 is 1.35 bits per heavy atom. The van der Waals surface area contributed by atoms with Gasteiger partial charge in [0, 0.05) is 22.6 Å². The molecule has 5 nitrogen and oxygen atoms in total. The van der Waals surface area contributed by atoms with Gasteiger partial charge in [0.05, 0.1) is 19.1 Å². The summed E-state index contributed by atoms with van der Waals surface area (Å²) in [6.45, 7) is 0.484. The number of halogens is 1. The number of hydrogen-bond donors (Lipinski definition) is 2. The maximum Gasteiger partial charge on any atom is 0.307 e. The van der Waals surface area contributed by atoms with E-state index in [1.807, 2.05) is 12.1 Å². The first-order valence-electron chi connectivity index (χ1n) is 8.08. The number of carbonyl (C=O) groups is 1. The molecule has 2 unspecified atom stereocenters. The predicted molar refractivity (Wildman–Crippen MR) is 90.1 cm³/mol. The number of ether oxygens (including phenoxy) is 2. The van der Waals surface area contributed by atoms with Gasteiger partial charge in [0.15, 0.2) is 11.5 Å². The molecular weight excluding hydrogens is 362 g/mol. The number of hydrogen-bond acceptors (Lipinski definition) is 4. The Morgan fingerprint density at radius 3 is 2.70 bits per heavy atom. The molecule has 1 aliphatic heterocycles. The molecule has 0 radical (unpaired) electrons. The lowest BCUT2D eigenvalue weighted by molar-refractivity contribution is -0.141. The van der Waals surface area contributed by atoms with Crippen molar-refractivity contribution in [1.82, 2.24) is 5.32 Å². The van der Waals surface area contributed by atoms with Crippen LogP contribution < -0.4 is 14.8 Å². The van der Waals surface area contributed by atoms with E-state index in [4.69, 9.17) is 9.47 Å². The van der Waals surface area contributed by atoms with Crippen LogP contribution in [-0.2, 0) is 4.79 Å². The quantitative estimate of drug-likeness (QED) is 0.813. The van der Waals surface area contributed by atoms with Crippen LogP contribution in [-0.4, -0.2) is 30.8 Å². The molecule has 23 heavy (non-hydrogen) atoms. The predicted octanol–water partition coefficient (Wildman–Crippen LogP) is 3.51. The SMILES string of the molecule is COc1cc(Br)cc(C2CC(C(=O)O)CN2)c1OC1CCCC1. The number of methoxy groups -OCH3 is 1. The van der Waals surface area contributed by atoms with Crippen LogP contribution in [0.4, 0.5) is 0 Å². The van der Waals surface area contributed by atoms with Crippen LogP contribution in [0.3, 0.4) is 0 Å². The summed E-state index contributed by atoms with van der Waals surface area (Å²) in [7, 11) is 1.63. The second-order valence-electron chi connectivity index (χ2n) is 6.28. The molecule has 0 bridgehead atoms. The minimum Gasteiger partial charge on any atom is -0.493 e. The highest BCUT2D eigenvalue weighted by Crippen LogP contribution is 2.43. The van der Waals surface area contributed by atoms with Crippen LogP contribution in [0, 0.1) is 5.92 Å². The van der Waals surface area contributed by atoms with Gasteiger partial charge in [-0.1, -0.05) is 15.9 Å². The van der Waals surface area contributed by atoms with Crippen molar-refractivity contribution < 1.29 is 19.4 Å². The van der Waals surface area contributed by atoms with Crippen molar-refractivity contribution >= 4 is 21.9 Å². The van der Waals surface area contributed by atoms with E-state index in [2.05, 4.69) is 21.2 Å². The molecular formula is C17H22BrNO4. The zero-order valence-corrected chi connectivity index (χ0v) is 14.8. The van der Waals surface area contributed by atoms with Gasteiger partial charge in [-0.2, -0.15) is 0 Å². The lowest BCUT2D eigenvalue weighted by atomic mass is 9.99. The molecule has 6 heteroatoms. The smallest absolute Gasteiger partial charge is 0.307 e. The molecule has 1 aromatic rings. The molecule has 126 valence electrons. The van der Waals surface area contributed by atoms with Gasteiger partial charge in [0.1, 0.15) is 0 Å². The van der Waals surface area contributed by atoms with Gasteiger partial charge in [0.25, 0.3) is 0 Å². The third-order valence-corrected chi connectivity index (χ3v) is 5.17. The van der Waals surface area contributed by atoms with Crippen LogP contribution >= 0.6 is 15.9 Å². The molecule has 1 aromatic carbocycles. The van der Waals surface area contributed by atoms with E-state index >= 15 is 0 Å². The Labute approximate surface area is 144 Å². The number of rotatable bonds is 5. The van der Waals surface area contributed by atoms with Gasteiger partial charge in [-0.05, 0) is 44.2 Å². The number of benzene rings is 1. The highest BCUT2D eigenvalue weighted by atomic mass is 79.9. The summed E-state index contributed by atoms with van der Waals surface area (Å²) in [6.07, 6.45) is 5.31. The molecule has 2 atom stereocenters. The Balaban J connectivity index is 1.90. The molecule has 1 heterocycles. The summed E-state index contributed by atoms with van der Waals surface area (Å²) in [5.41, 5.74) is 0.979. The zero-order chi connectivity index (χ0) is 16.4. The van der Waals surface area contributed by atoms with Crippen LogP contribution in [0.2, 0.25) is 0 Å². The van der Waals surface area contributed by atoms with Gasteiger partial charge in [-0.3, -0.25) is 4.79 Å². The van der Waals surface area contributed by atoms with Crippen molar-refractivity contribution in [1.29, 1.82) is 0 Å². The van der Waals surface area contributed by atoms with Crippen LogP contribution in [0.1, 0.15) is 43.7 Å². The van der Waals surface area contributed by atoms with Crippen molar-refractivity contribution in [2.75, 3.05) is 13.7 Å². The summed E-state index contributed by atoms with van der Waals surface area (Å²) in [5.74, 6) is 0.345. The van der Waals surface area contributed by atoms with Gasteiger partial charge in [-0.25, -0.2) is 0 Å². The fraction of sp³-hybridized carbons (Fsp3) is 0.588. The third-order valence-electron chi connectivity index (χ3n) is 4.71. The number of aliphatic carboxylic acids is 1. The summed E-state index contributed by atoms with van der Waals surface area (Å²) in [5, 5.41) is 12.5. The topological polar surface area (TPSA) is 67.8 Å². The molecule has 2 aliphatic rings. The fourth-order valence-electron chi connectivity index (χ4n) is 3.46. The highest BCUT2D eigenvalue weighted by molar-refractivity contribution is 9.10. The second kappa shape index (κ2) is 7.09. The van der Waals surface area contributed by atoms with Gasteiger partial charge in [-0.15, -0.1) is 0 Å². The lowest BCUT2D eigenvalue weighted by Gasteiger charge is -2.22. The molecule has 2 fully saturated rings. The van der Waals surface area contributed by atoms with Crippen LogP contribution in [0.5, 0.6) is 11.5 Å². The third kappa shape index (κ3) is 3.63. The molecule has 1 saturated carbocycles. The van der Waals surface area contributed by atoms with Crippen molar-refractivity contribution in [2.45, 2.75) is 44.2 Å². The normalized spacial score (nSPS) is 24.8. The van der Waals surface area contributed by atoms with E-state index in [1.54, 1.807) is 7.11 Å². The maximum atomic E-state index is 11.2. The molecule has 2 N–H and O–H groups in total. The van der Waals surface area contributed by atoms with Crippen LogP contribution in [0.15, 0.2) is 16.6 Å². The molecule has 0 spiro atoms. The average molecular weight is 384 g/mol. The number of carboxylic acids is 1. The van der Waals surface area contributed by atoms with E-state index in [0.717, 1.165) is 28.6 Å². The largest absolute Gasteiger partial charge is 0.493 e.